The van der Waals surface area contributed by atoms with Gasteiger partial charge in [0.15, 0.2) is 0 Å². The third kappa shape index (κ3) is 9.15. The molecule has 22 heavy (non-hydrogen) atoms. The Morgan fingerprint density at radius 2 is 0.591 bits per heavy atom. The number of nitrogens with zero attached hydrogens (tertiary/aromatic N) is 2. The molecule has 2 heteroatoms. The molecule has 0 amide bonds. The van der Waals surface area contributed by atoms with Gasteiger partial charge in [0, 0.05) is 0 Å². The Balaban J connectivity index is 0. The van der Waals surface area contributed by atoms with Gasteiger partial charge in [-0.3, -0.25) is 0 Å². The van der Waals surface area contributed by atoms with E-state index in [0.29, 0.717) is 0 Å². The molecule has 0 N–H and O–H groups in total. The SMILES string of the molecule is CCC[N+](CCC)(CCC)CCC.CC[N+](CC)(CC)CC. The minimum Gasteiger partial charge on any atom is -0.325 e. The molecule has 0 aliphatic carbocycles. The smallest absolute Gasteiger partial charge is 0.0783 e. The minimum atomic E-state index is 1.28. The number of rotatable bonds is 12. The summed E-state index contributed by atoms with van der Waals surface area (Å²) in [6.07, 6.45) is 5.33. The molecule has 0 aliphatic heterocycles. The van der Waals surface area contributed by atoms with Crippen LogP contribution in [0.1, 0.15) is 81.1 Å². The zero-order valence-electron chi connectivity index (χ0n) is 17.4. The quantitative estimate of drug-likeness (QED) is 0.427. The van der Waals surface area contributed by atoms with E-state index in [1.165, 1.54) is 87.0 Å². The van der Waals surface area contributed by atoms with Gasteiger partial charge in [-0.1, -0.05) is 27.7 Å². The maximum absolute atomic E-state index is 2.31. The number of quaternary nitrogens is 2. The summed E-state index contributed by atoms with van der Waals surface area (Å²) in [5.41, 5.74) is 0. The maximum Gasteiger partial charge on any atom is 0.0783 e. The van der Waals surface area contributed by atoms with Crippen molar-refractivity contribution in [2.75, 3.05) is 52.4 Å². The molecule has 0 aliphatic rings. The average Bonchev–Trinajstić information content (AvgIpc) is 2.52. The first-order chi connectivity index (χ1) is 10.5. The summed E-state index contributed by atoms with van der Waals surface area (Å²) >= 11 is 0. The molecule has 0 saturated heterocycles. The lowest BCUT2D eigenvalue weighted by atomic mass is 10.2. The third-order valence-corrected chi connectivity index (χ3v) is 5.48. The lowest BCUT2D eigenvalue weighted by molar-refractivity contribution is -0.928. The van der Waals surface area contributed by atoms with E-state index in [4.69, 9.17) is 0 Å². The van der Waals surface area contributed by atoms with Crippen LogP contribution in [0.25, 0.3) is 0 Å². The van der Waals surface area contributed by atoms with E-state index < -0.39 is 0 Å². The molecule has 0 rings (SSSR count). The summed E-state index contributed by atoms with van der Waals surface area (Å²) in [7, 11) is 0. The molecule has 0 fully saturated rings. The van der Waals surface area contributed by atoms with E-state index >= 15 is 0 Å². The lowest BCUT2D eigenvalue weighted by Crippen LogP contribution is -2.50. The molecular formula is C20H48N2+2. The van der Waals surface area contributed by atoms with Crippen LogP contribution in [-0.2, 0) is 0 Å². The van der Waals surface area contributed by atoms with Gasteiger partial charge in [0.2, 0.25) is 0 Å². The van der Waals surface area contributed by atoms with Gasteiger partial charge in [-0.2, -0.15) is 0 Å². The van der Waals surface area contributed by atoms with Gasteiger partial charge in [0.1, 0.15) is 0 Å². The highest BCUT2D eigenvalue weighted by molar-refractivity contribution is 4.44. The first-order valence-electron chi connectivity index (χ1n) is 10.2. The predicted molar refractivity (Wildman–Crippen MR) is 103 cm³/mol. The van der Waals surface area contributed by atoms with E-state index in [0.717, 1.165) is 0 Å². The summed E-state index contributed by atoms with van der Waals surface area (Å²) < 4.78 is 2.65. The Kier molecular flexibility index (Phi) is 15.9. The molecule has 0 bridgehead atoms. The molecule has 136 valence electrons. The predicted octanol–water partition coefficient (Wildman–Crippen LogP) is 5.33. The fourth-order valence-corrected chi connectivity index (χ4v) is 3.91. The van der Waals surface area contributed by atoms with Crippen LogP contribution in [0.2, 0.25) is 0 Å². The second-order valence-corrected chi connectivity index (χ2v) is 6.84. The summed E-state index contributed by atoms with van der Waals surface area (Å²) in [4.78, 5) is 0. The summed E-state index contributed by atoms with van der Waals surface area (Å²) in [6.45, 7) is 29.0. The molecule has 0 aromatic carbocycles. The van der Waals surface area contributed by atoms with Crippen molar-refractivity contribution in [3.05, 3.63) is 0 Å². The molecule has 0 spiro atoms. The zero-order valence-corrected chi connectivity index (χ0v) is 17.4. The molecule has 0 unspecified atom stereocenters. The first-order valence-corrected chi connectivity index (χ1v) is 10.2. The van der Waals surface area contributed by atoms with Crippen LogP contribution in [0.5, 0.6) is 0 Å². The lowest BCUT2D eigenvalue weighted by Gasteiger charge is -2.38. The Morgan fingerprint density at radius 1 is 0.364 bits per heavy atom. The Bertz CT molecular complexity index is 175. The summed E-state index contributed by atoms with van der Waals surface area (Å²) in [5.74, 6) is 0. The summed E-state index contributed by atoms with van der Waals surface area (Å²) in [5, 5.41) is 0. The van der Waals surface area contributed by atoms with Gasteiger partial charge >= 0.3 is 0 Å². The van der Waals surface area contributed by atoms with Crippen LogP contribution < -0.4 is 0 Å². The second kappa shape index (κ2) is 14.5. The van der Waals surface area contributed by atoms with Crippen molar-refractivity contribution in [1.82, 2.24) is 0 Å². The van der Waals surface area contributed by atoms with Crippen LogP contribution in [0.15, 0.2) is 0 Å². The van der Waals surface area contributed by atoms with Gasteiger partial charge in [-0.05, 0) is 53.4 Å². The van der Waals surface area contributed by atoms with E-state index in [2.05, 4.69) is 55.4 Å². The van der Waals surface area contributed by atoms with Gasteiger partial charge < -0.3 is 8.97 Å². The van der Waals surface area contributed by atoms with Gasteiger partial charge in [-0.25, -0.2) is 0 Å². The van der Waals surface area contributed by atoms with Crippen molar-refractivity contribution in [3.63, 3.8) is 0 Å². The Labute approximate surface area is 143 Å². The van der Waals surface area contributed by atoms with Crippen molar-refractivity contribution in [3.8, 4) is 0 Å². The van der Waals surface area contributed by atoms with E-state index in [-0.39, 0.29) is 0 Å². The van der Waals surface area contributed by atoms with Crippen LogP contribution in [0.4, 0.5) is 0 Å². The standard InChI is InChI=1S/C12H28N.C8H20N/c1-5-9-13(10-6-2,11-7-3)12-8-4;1-5-9(6-2,7-3)8-4/h5-12H2,1-4H3;5-8H2,1-4H3/q2*+1. The maximum atomic E-state index is 2.31. The van der Waals surface area contributed by atoms with Crippen molar-refractivity contribution in [2.45, 2.75) is 81.1 Å². The van der Waals surface area contributed by atoms with Crippen LogP contribution in [0.3, 0.4) is 0 Å². The Morgan fingerprint density at radius 3 is 0.682 bits per heavy atom. The molecule has 0 atom stereocenters. The van der Waals surface area contributed by atoms with Gasteiger partial charge in [0.25, 0.3) is 0 Å². The molecule has 0 aromatic rings. The van der Waals surface area contributed by atoms with Crippen molar-refractivity contribution >= 4 is 0 Å². The van der Waals surface area contributed by atoms with Crippen molar-refractivity contribution in [2.24, 2.45) is 0 Å². The van der Waals surface area contributed by atoms with Crippen LogP contribution in [-0.4, -0.2) is 61.3 Å². The zero-order chi connectivity index (χ0) is 17.5. The van der Waals surface area contributed by atoms with Crippen LogP contribution >= 0.6 is 0 Å². The molecule has 0 heterocycles. The molecule has 2 nitrogen and oxygen atoms in total. The molecule has 0 saturated carbocycles. The Hall–Kier alpha value is -0.0800. The third-order valence-electron chi connectivity index (χ3n) is 5.48. The largest absolute Gasteiger partial charge is 0.325 e. The fourth-order valence-electron chi connectivity index (χ4n) is 3.91. The number of hydrogen-bond acceptors (Lipinski definition) is 0. The number of hydrogen-bond donors (Lipinski definition) is 0. The van der Waals surface area contributed by atoms with E-state index in [9.17, 15) is 0 Å². The highest BCUT2D eigenvalue weighted by Crippen LogP contribution is 2.12. The van der Waals surface area contributed by atoms with Gasteiger partial charge in [0.05, 0.1) is 52.4 Å². The van der Waals surface area contributed by atoms with Gasteiger partial charge in [-0.15, -0.1) is 0 Å². The first kappa shape index (κ1) is 24.2. The second-order valence-electron chi connectivity index (χ2n) is 6.84. The summed E-state index contributed by atoms with van der Waals surface area (Å²) in [6, 6.07) is 0. The van der Waals surface area contributed by atoms with E-state index in [1.54, 1.807) is 0 Å². The topological polar surface area (TPSA) is 0 Å². The monoisotopic (exact) mass is 316 g/mol. The average molecular weight is 317 g/mol. The highest BCUT2D eigenvalue weighted by Gasteiger charge is 2.22. The van der Waals surface area contributed by atoms with Crippen molar-refractivity contribution in [1.29, 1.82) is 0 Å². The van der Waals surface area contributed by atoms with Crippen molar-refractivity contribution < 1.29 is 8.97 Å². The highest BCUT2D eigenvalue weighted by atomic mass is 15.3. The van der Waals surface area contributed by atoms with E-state index in [1.807, 2.05) is 0 Å². The normalized spacial score (nSPS) is 12.0. The van der Waals surface area contributed by atoms with Crippen LogP contribution in [0, 0.1) is 0 Å². The molecule has 0 radical (unpaired) electrons. The fraction of sp³-hybridized carbons (Fsp3) is 1.00. The minimum absolute atomic E-state index is 1.28. The molecule has 0 aromatic heterocycles. The molecular weight excluding hydrogens is 268 g/mol.